The van der Waals surface area contributed by atoms with Crippen LogP contribution in [-0.4, -0.2) is 44.6 Å². The number of ether oxygens (including phenoxy) is 2. The number of nitro groups is 2. The highest BCUT2D eigenvalue weighted by Gasteiger charge is 2.58. The van der Waals surface area contributed by atoms with Crippen LogP contribution >= 0.6 is 0 Å². The van der Waals surface area contributed by atoms with Crippen LogP contribution in [0.2, 0.25) is 0 Å². The van der Waals surface area contributed by atoms with Gasteiger partial charge in [0.25, 0.3) is 0 Å². The predicted molar refractivity (Wildman–Crippen MR) is 160 cm³/mol. The fraction of sp³-hybridized carbons (Fsp3) is 0.273. The maximum absolute atomic E-state index is 11.0. The van der Waals surface area contributed by atoms with Crippen LogP contribution in [0, 0.1) is 26.1 Å². The molecular formula is C33H29N3O8. The molecule has 3 aliphatic heterocycles. The van der Waals surface area contributed by atoms with Crippen LogP contribution in [0.15, 0.2) is 84.9 Å². The van der Waals surface area contributed by atoms with E-state index in [0.29, 0.717) is 28.9 Å². The minimum atomic E-state index is -0.640. The van der Waals surface area contributed by atoms with E-state index in [2.05, 4.69) is 29.2 Å². The van der Waals surface area contributed by atoms with Crippen molar-refractivity contribution in [3.63, 3.8) is 0 Å². The summed E-state index contributed by atoms with van der Waals surface area (Å²) in [7, 11) is 0. The highest BCUT2D eigenvalue weighted by molar-refractivity contribution is 5.52. The first-order chi connectivity index (χ1) is 21.1. The summed E-state index contributed by atoms with van der Waals surface area (Å²) >= 11 is 0. The summed E-state index contributed by atoms with van der Waals surface area (Å²) in [6, 6.07) is 24.0. The average Bonchev–Trinajstić information content (AvgIpc) is 2.97. The molecule has 1 saturated carbocycles. The quantitative estimate of drug-likeness (QED) is 0.166. The standard InChI is InChI=1S/C33H29N3O8/c37-30-13-26(9-11-28(30)35(39)40)43-24-5-1-22(2-6-24)32-15-21-16-33(18-32,20-34(17-21)19-32)23-3-7-25(8-4-23)44-27-10-12-29(36(41)42)31(38)14-27/h1-14,21,37-38H,15-20H2/t21?,32-,33+. The summed E-state index contributed by atoms with van der Waals surface area (Å²) in [6.07, 6.45) is 3.25. The Bertz CT molecular complexity index is 1630. The molecule has 3 saturated heterocycles. The van der Waals surface area contributed by atoms with E-state index in [1.165, 1.54) is 47.5 Å². The highest BCUT2D eigenvalue weighted by atomic mass is 16.6. The lowest BCUT2D eigenvalue weighted by molar-refractivity contribution is -0.386. The smallest absolute Gasteiger partial charge is 0.310 e. The second-order valence-corrected chi connectivity index (χ2v) is 12.2. The van der Waals surface area contributed by atoms with Crippen molar-refractivity contribution in [2.75, 3.05) is 19.6 Å². The van der Waals surface area contributed by atoms with Gasteiger partial charge in [0.05, 0.1) is 9.85 Å². The minimum absolute atomic E-state index is 0.00493. The van der Waals surface area contributed by atoms with E-state index in [-0.39, 0.29) is 22.2 Å². The van der Waals surface area contributed by atoms with E-state index >= 15 is 0 Å². The third kappa shape index (κ3) is 4.84. The summed E-state index contributed by atoms with van der Waals surface area (Å²) in [5.41, 5.74) is 1.76. The van der Waals surface area contributed by atoms with E-state index in [4.69, 9.17) is 9.47 Å². The summed E-state index contributed by atoms with van der Waals surface area (Å²) < 4.78 is 11.8. The second kappa shape index (κ2) is 10.2. The number of piperidine rings is 3. The van der Waals surface area contributed by atoms with Gasteiger partial charge in [-0.2, -0.15) is 0 Å². The van der Waals surface area contributed by atoms with Gasteiger partial charge in [-0.25, -0.2) is 0 Å². The predicted octanol–water partition coefficient (Wildman–Crippen LogP) is 6.80. The maximum Gasteiger partial charge on any atom is 0.310 e. The van der Waals surface area contributed by atoms with Crippen molar-refractivity contribution in [1.29, 1.82) is 0 Å². The Balaban J connectivity index is 1.10. The van der Waals surface area contributed by atoms with E-state index < -0.39 is 21.3 Å². The molecule has 224 valence electrons. The van der Waals surface area contributed by atoms with Gasteiger partial charge in [-0.05, 0) is 72.7 Å². The van der Waals surface area contributed by atoms with Crippen LogP contribution in [0.1, 0.15) is 30.4 Å². The molecule has 1 aliphatic carbocycles. The topological polar surface area (TPSA) is 148 Å². The monoisotopic (exact) mass is 595 g/mol. The molecule has 2 unspecified atom stereocenters. The van der Waals surface area contributed by atoms with Crippen molar-refractivity contribution in [1.82, 2.24) is 4.90 Å². The van der Waals surface area contributed by atoms with Gasteiger partial charge in [-0.1, -0.05) is 24.3 Å². The SMILES string of the molecule is O=[N+]([O-])c1ccc(Oc2ccc([C@@]34CC5CN(C3)C[C@](c3ccc(Oc6ccc([N+](=O)[O-])c(O)c6)cc3)(C5)C4)cc2)cc1O. The lowest BCUT2D eigenvalue weighted by Gasteiger charge is -2.64. The van der Waals surface area contributed by atoms with E-state index in [9.17, 15) is 30.4 Å². The molecule has 11 nitrogen and oxygen atoms in total. The average molecular weight is 596 g/mol. The van der Waals surface area contributed by atoms with Crippen LogP contribution in [0.5, 0.6) is 34.5 Å². The molecule has 11 heteroatoms. The van der Waals surface area contributed by atoms with Gasteiger partial charge in [0.1, 0.15) is 23.0 Å². The van der Waals surface area contributed by atoms with Crippen LogP contribution in [0.4, 0.5) is 11.4 Å². The molecule has 4 fully saturated rings. The van der Waals surface area contributed by atoms with E-state index in [1.807, 2.05) is 24.3 Å². The van der Waals surface area contributed by atoms with Gasteiger partial charge in [-0.3, -0.25) is 20.2 Å². The molecule has 0 spiro atoms. The zero-order valence-corrected chi connectivity index (χ0v) is 23.6. The van der Waals surface area contributed by atoms with E-state index in [1.54, 1.807) is 0 Å². The number of phenolic OH excluding ortho intramolecular Hbond substituents is 2. The number of benzene rings is 4. The van der Waals surface area contributed by atoms with Crippen molar-refractivity contribution in [3.8, 4) is 34.5 Å². The lowest BCUT2D eigenvalue weighted by atomic mass is 9.49. The number of hydrogen-bond donors (Lipinski definition) is 2. The Morgan fingerprint density at radius 1 is 0.659 bits per heavy atom. The fourth-order valence-corrected chi connectivity index (χ4v) is 7.84. The number of rotatable bonds is 8. The maximum atomic E-state index is 11.0. The second-order valence-electron chi connectivity index (χ2n) is 12.2. The summed E-state index contributed by atoms with van der Waals surface area (Å²) in [5.74, 6) is 1.49. The molecule has 4 aromatic carbocycles. The zero-order chi connectivity index (χ0) is 30.6. The minimum Gasteiger partial charge on any atom is -0.502 e. The molecular weight excluding hydrogens is 566 g/mol. The van der Waals surface area contributed by atoms with Gasteiger partial charge >= 0.3 is 11.4 Å². The number of nitrogens with zero attached hydrogens (tertiary/aromatic N) is 3. The van der Waals surface area contributed by atoms with Gasteiger partial charge < -0.3 is 24.6 Å². The Morgan fingerprint density at radius 2 is 1.07 bits per heavy atom. The largest absolute Gasteiger partial charge is 0.502 e. The van der Waals surface area contributed by atoms with E-state index in [0.717, 1.165) is 38.9 Å². The van der Waals surface area contributed by atoms with Gasteiger partial charge in [0, 0.05) is 54.7 Å². The van der Waals surface area contributed by atoms with Gasteiger partial charge in [0.2, 0.25) is 0 Å². The summed E-state index contributed by atoms with van der Waals surface area (Å²) in [6.45, 7) is 3.08. The third-order valence-corrected chi connectivity index (χ3v) is 9.30. The normalized spacial score (nSPS) is 25.0. The molecule has 0 radical (unpaired) electrons. The van der Waals surface area contributed by atoms with Crippen molar-refractivity contribution in [3.05, 3.63) is 116 Å². The molecule has 0 amide bonds. The van der Waals surface area contributed by atoms with Crippen molar-refractivity contribution >= 4 is 11.4 Å². The first kappa shape index (κ1) is 27.7. The van der Waals surface area contributed by atoms with Crippen LogP contribution in [-0.2, 0) is 10.8 Å². The molecule has 0 aromatic heterocycles. The Morgan fingerprint density at radius 3 is 1.43 bits per heavy atom. The molecule has 4 bridgehead atoms. The van der Waals surface area contributed by atoms with Crippen LogP contribution in [0.3, 0.4) is 0 Å². The van der Waals surface area contributed by atoms with Crippen LogP contribution in [0.25, 0.3) is 0 Å². The zero-order valence-electron chi connectivity index (χ0n) is 23.6. The van der Waals surface area contributed by atoms with Crippen LogP contribution < -0.4 is 9.47 Å². The lowest BCUT2D eigenvalue weighted by Crippen LogP contribution is -2.66. The molecule has 2 N–H and O–H groups in total. The molecule has 4 aliphatic rings. The summed E-state index contributed by atoms with van der Waals surface area (Å²) in [5, 5.41) is 41.9. The number of hydrogen-bond acceptors (Lipinski definition) is 9. The molecule has 44 heavy (non-hydrogen) atoms. The number of aromatic hydroxyl groups is 2. The fourth-order valence-electron chi connectivity index (χ4n) is 7.84. The first-order valence-corrected chi connectivity index (χ1v) is 14.4. The molecule has 4 aromatic rings. The third-order valence-electron chi connectivity index (χ3n) is 9.30. The molecule has 3 heterocycles. The highest BCUT2D eigenvalue weighted by Crippen LogP contribution is 2.58. The Labute approximate surface area is 252 Å². The Kier molecular flexibility index (Phi) is 6.43. The molecule has 8 rings (SSSR count). The Hall–Kier alpha value is -5.16. The van der Waals surface area contributed by atoms with Crippen molar-refractivity contribution in [2.24, 2.45) is 5.92 Å². The van der Waals surface area contributed by atoms with Gasteiger partial charge in [0.15, 0.2) is 11.5 Å². The number of phenols is 2. The van der Waals surface area contributed by atoms with Crippen molar-refractivity contribution < 1.29 is 29.5 Å². The number of nitro benzene ring substituents is 2. The van der Waals surface area contributed by atoms with Gasteiger partial charge in [-0.15, -0.1) is 0 Å². The summed E-state index contributed by atoms with van der Waals surface area (Å²) in [4.78, 5) is 23.3. The molecule has 4 atom stereocenters. The van der Waals surface area contributed by atoms with Crippen molar-refractivity contribution in [2.45, 2.75) is 30.1 Å². The first-order valence-electron chi connectivity index (χ1n) is 14.4.